The summed E-state index contributed by atoms with van der Waals surface area (Å²) >= 11 is 0. The third-order valence-electron chi connectivity index (χ3n) is 5.27. The maximum atomic E-state index is 14.5. The first kappa shape index (κ1) is 18.3. The van der Waals surface area contributed by atoms with Crippen LogP contribution in [0.3, 0.4) is 0 Å². The zero-order valence-electron chi connectivity index (χ0n) is 15.2. The predicted molar refractivity (Wildman–Crippen MR) is 94.5 cm³/mol. The van der Waals surface area contributed by atoms with E-state index >= 15 is 0 Å². The second-order valence-corrected chi connectivity index (χ2v) is 7.08. The number of rotatable bonds is 5. The topological polar surface area (TPSA) is 81.2 Å². The molecule has 2 heterocycles. The van der Waals surface area contributed by atoms with Gasteiger partial charge in [0.05, 0.1) is 17.2 Å². The summed E-state index contributed by atoms with van der Waals surface area (Å²) in [6.07, 6.45) is 5.80. The highest BCUT2D eigenvalue weighted by molar-refractivity contribution is 5.93. The van der Waals surface area contributed by atoms with Crippen LogP contribution < -0.4 is 5.32 Å². The lowest BCUT2D eigenvalue weighted by Crippen LogP contribution is -2.28. The molecule has 0 saturated heterocycles. The molecule has 3 aromatic rings. The number of carbonyl (C=O) groups is 1. The maximum absolute atomic E-state index is 14.5. The van der Waals surface area contributed by atoms with Crippen molar-refractivity contribution in [2.75, 3.05) is 0 Å². The molecule has 146 valence electrons. The molecule has 1 aliphatic rings. The van der Waals surface area contributed by atoms with Crippen molar-refractivity contribution in [3.8, 4) is 0 Å². The second kappa shape index (κ2) is 7.18. The van der Waals surface area contributed by atoms with Crippen molar-refractivity contribution in [3.63, 3.8) is 0 Å². The zero-order chi connectivity index (χ0) is 19.7. The standard InChI is InChI=1S/C20H19F2N3O3/c1-12(23-17(26)13-6-9-27-11-13)18-24-19(25-28-18)20(7-2-3-8-20)15-5-4-14(21)10-16(15)22/h4-6,9-12H,2-3,7-8H2,1H3,(H,23,26). The molecule has 1 amide bonds. The highest BCUT2D eigenvalue weighted by Gasteiger charge is 2.43. The summed E-state index contributed by atoms with van der Waals surface area (Å²) in [6.45, 7) is 1.72. The molecule has 0 spiro atoms. The summed E-state index contributed by atoms with van der Waals surface area (Å²) in [4.78, 5) is 16.6. The monoisotopic (exact) mass is 387 g/mol. The van der Waals surface area contributed by atoms with Crippen LogP contribution in [0, 0.1) is 11.6 Å². The van der Waals surface area contributed by atoms with Gasteiger partial charge in [-0.25, -0.2) is 8.78 Å². The fraction of sp³-hybridized carbons (Fsp3) is 0.350. The van der Waals surface area contributed by atoms with E-state index in [0.717, 1.165) is 18.9 Å². The number of hydrogen-bond acceptors (Lipinski definition) is 5. The Bertz CT molecular complexity index is 979. The first-order valence-electron chi connectivity index (χ1n) is 9.12. The number of nitrogens with one attached hydrogen (secondary N) is 1. The number of benzene rings is 1. The number of halogens is 2. The van der Waals surface area contributed by atoms with Gasteiger partial charge in [0.15, 0.2) is 5.82 Å². The highest BCUT2D eigenvalue weighted by atomic mass is 19.1. The average molecular weight is 387 g/mol. The second-order valence-electron chi connectivity index (χ2n) is 7.08. The first-order valence-corrected chi connectivity index (χ1v) is 9.12. The van der Waals surface area contributed by atoms with Crippen molar-refractivity contribution in [1.82, 2.24) is 15.5 Å². The molecule has 6 nitrogen and oxygen atoms in total. The lowest BCUT2D eigenvalue weighted by Gasteiger charge is -2.26. The zero-order valence-corrected chi connectivity index (χ0v) is 15.2. The fourth-order valence-electron chi connectivity index (χ4n) is 3.81. The van der Waals surface area contributed by atoms with Crippen molar-refractivity contribution in [3.05, 3.63) is 71.3 Å². The smallest absolute Gasteiger partial charge is 0.255 e. The van der Waals surface area contributed by atoms with Gasteiger partial charge in [0, 0.05) is 11.6 Å². The molecule has 1 aliphatic carbocycles. The molecule has 1 fully saturated rings. The van der Waals surface area contributed by atoms with Gasteiger partial charge in [-0.2, -0.15) is 4.98 Å². The van der Waals surface area contributed by atoms with E-state index in [9.17, 15) is 13.6 Å². The van der Waals surface area contributed by atoms with E-state index in [1.807, 2.05) is 0 Å². The Hall–Kier alpha value is -3.03. The molecule has 1 saturated carbocycles. The molecule has 4 rings (SSSR count). The predicted octanol–water partition coefficient (Wildman–Crippen LogP) is 4.29. The van der Waals surface area contributed by atoms with Crippen molar-refractivity contribution >= 4 is 5.91 Å². The van der Waals surface area contributed by atoms with Crippen molar-refractivity contribution in [2.45, 2.75) is 44.1 Å². The molecule has 0 bridgehead atoms. The summed E-state index contributed by atoms with van der Waals surface area (Å²) in [5.41, 5.74) is -0.00514. The van der Waals surface area contributed by atoms with Crippen LogP contribution in [0.5, 0.6) is 0 Å². The van der Waals surface area contributed by atoms with Gasteiger partial charge in [0.2, 0.25) is 5.89 Å². The Balaban J connectivity index is 1.61. The Labute approximate surface area is 159 Å². The van der Waals surface area contributed by atoms with Crippen LogP contribution in [0.4, 0.5) is 8.78 Å². The average Bonchev–Trinajstić information content (AvgIpc) is 3.41. The summed E-state index contributed by atoms with van der Waals surface area (Å²) in [5, 5.41) is 6.84. The maximum Gasteiger partial charge on any atom is 0.255 e. The van der Waals surface area contributed by atoms with Crippen LogP contribution >= 0.6 is 0 Å². The molecule has 28 heavy (non-hydrogen) atoms. The first-order chi connectivity index (χ1) is 13.5. The van der Waals surface area contributed by atoms with E-state index in [4.69, 9.17) is 8.94 Å². The largest absolute Gasteiger partial charge is 0.472 e. The Morgan fingerprint density at radius 1 is 1.25 bits per heavy atom. The lowest BCUT2D eigenvalue weighted by atomic mass is 9.78. The Morgan fingerprint density at radius 3 is 2.71 bits per heavy atom. The van der Waals surface area contributed by atoms with E-state index in [2.05, 4.69) is 15.5 Å². The summed E-state index contributed by atoms with van der Waals surface area (Å²) < 4.78 is 38.2. The van der Waals surface area contributed by atoms with Gasteiger partial charge in [-0.1, -0.05) is 24.1 Å². The molecule has 1 unspecified atom stereocenters. The molecule has 0 radical (unpaired) electrons. The minimum absolute atomic E-state index is 0.223. The van der Waals surface area contributed by atoms with Crippen LogP contribution in [0.1, 0.15) is 66.3 Å². The fourth-order valence-corrected chi connectivity index (χ4v) is 3.81. The Kier molecular flexibility index (Phi) is 4.70. The number of nitrogens with zero attached hydrogens (tertiary/aromatic N) is 2. The van der Waals surface area contributed by atoms with Crippen LogP contribution in [-0.4, -0.2) is 16.0 Å². The number of aromatic nitrogens is 2. The number of furan rings is 1. The highest BCUT2D eigenvalue weighted by Crippen LogP contribution is 2.46. The number of amides is 1. The van der Waals surface area contributed by atoms with Crippen LogP contribution in [0.2, 0.25) is 0 Å². The van der Waals surface area contributed by atoms with Crippen molar-refractivity contribution < 1.29 is 22.5 Å². The van der Waals surface area contributed by atoms with E-state index in [1.165, 1.54) is 24.7 Å². The van der Waals surface area contributed by atoms with E-state index in [0.29, 0.717) is 29.8 Å². The number of hydrogen-bond donors (Lipinski definition) is 1. The minimum atomic E-state index is -0.756. The third kappa shape index (κ3) is 3.19. The number of carbonyl (C=O) groups excluding carboxylic acids is 1. The SMILES string of the molecule is CC(NC(=O)c1ccoc1)c1nc(C2(c3ccc(F)cc3F)CCCC2)no1. The van der Waals surface area contributed by atoms with Gasteiger partial charge in [-0.15, -0.1) is 0 Å². The normalized spacial score (nSPS) is 16.8. The molecule has 0 aliphatic heterocycles. The summed E-state index contributed by atoms with van der Waals surface area (Å²) in [6, 6.07) is 4.58. The molecule has 1 aromatic carbocycles. The van der Waals surface area contributed by atoms with Gasteiger partial charge in [-0.05, 0) is 31.9 Å². The molecule has 1 atom stereocenters. The van der Waals surface area contributed by atoms with Gasteiger partial charge in [0.25, 0.3) is 5.91 Å². The molecular formula is C20H19F2N3O3. The lowest BCUT2D eigenvalue weighted by molar-refractivity contribution is 0.0932. The van der Waals surface area contributed by atoms with Gasteiger partial charge < -0.3 is 14.3 Å². The Morgan fingerprint density at radius 2 is 2.04 bits per heavy atom. The van der Waals surface area contributed by atoms with Crippen LogP contribution in [0.25, 0.3) is 0 Å². The summed E-state index contributed by atoms with van der Waals surface area (Å²) in [7, 11) is 0. The molecule has 2 aromatic heterocycles. The van der Waals surface area contributed by atoms with Gasteiger partial charge in [0.1, 0.15) is 23.9 Å². The van der Waals surface area contributed by atoms with E-state index in [1.54, 1.807) is 13.0 Å². The van der Waals surface area contributed by atoms with E-state index in [-0.39, 0.29) is 11.8 Å². The van der Waals surface area contributed by atoms with Crippen molar-refractivity contribution in [1.29, 1.82) is 0 Å². The summed E-state index contributed by atoms with van der Waals surface area (Å²) in [5.74, 6) is -0.995. The quantitative estimate of drug-likeness (QED) is 0.706. The molecular weight excluding hydrogens is 368 g/mol. The van der Waals surface area contributed by atoms with Gasteiger partial charge >= 0.3 is 0 Å². The van der Waals surface area contributed by atoms with Gasteiger partial charge in [-0.3, -0.25) is 4.79 Å². The molecule has 8 heteroatoms. The van der Waals surface area contributed by atoms with E-state index < -0.39 is 23.1 Å². The molecule has 1 N–H and O–H groups in total. The van der Waals surface area contributed by atoms with Crippen molar-refractivity contribution in [2.24, 2.45) is 0 Å². The third-order valence-corrected chi connectivity index (χ3v) is 5.27. The van der Waals surface area contributed by atoms with Crippen LogP contribution in [0.15, 0.2) is 45.7 Å². The van der Waals surface area contributed by atoms with Crippen LogP contribution in [-0.2, 0) is 5.41 Å². The minimum Gasteiger partial charge on any atom is -0.472 e.